The van der Waals surface area contributed by atoms with E-state index >= 15 is 0 Å². The number of nitrogens with zero attached hydrogens (tertiary/aromatic N) is 1. The van der Waals surface area contributed by atoms with Crippen molar-refractivity contribution in [2.75, 3.05) is 5.88 Å². The van der Waals surface area contributed by atoms with E-state index in [2.05, 4.69) is 0 Å². The number of ether oxygens (including phenoxy) is 1. The van der Waals surface area contributed by atoms with Crippen LogP contribution in [-0.2, 0) is 11.2 Å². The normalized spacial score (nSPS) is 13.1. The average molecular weight is 348 g/mol. The first kappa shape index (κ1) is 17.9. The topological polar surface area (TPSA) is 69.4 Å². The van der Waals surface area contributed by atoms with E-state index in [1.54, 1.807) is 0 Å². The number of nitro benzene ring substituents is 1. The number of hydrogen-bond acceptors (Lipinski definition) is 4. The molecule has 0 amide bonds. The van der Waals surface area contributed by atoms with Gasteiger partial charge in [0.25, 0.3) is 5.69 Å². The van der Waals surface area contributed by atoms with E-state index in [1.807, 2.05) is 37.3 Å². The zero-order valence-electron chi connectivity index (χ0n) is 13.2. The van der Waals surface area contributed by atoms with Crippen molar-refractivity contribution in [2.45, 2.75) is 19.4 Å². The van der Waals surface area contributed by atoms with E-state index < -0.39 is 17.0 Å². The van der Waals surface area contributed by atoms with Crippen molar-refractivity contribution in [1.29, 1.82) is 0 Å². The van der Waals surface area contributed by atoms with Crippen molar-refractivity contribution in [2.24, 2.45) is 5.92 Å². The number of carbonyl (C=O) groups excluding carboxylic acids is 1. The molecule has 24 heavy (non-hydrogen) atoms. The first-order valence-corrected chi connectivity index (χ1v) is 8.10. The Labute approximate surface area is 145 Å². The average Bonchev–Trinajstić information content (AvgIpc) is 2.60. The summed E-state index contributed by atoms with van der Waals surface area (Å²) < 4.78 is 5.48. The highest BCUT2D eigenvalue weighted by atomic mass is 35.5. The third kappa shape index (κ3) is 4.80. The molecule has 0 fully saturated rings. The minimum atomic E-state index is -0.532. The molecule has 0 aromatic heterocycles. The molecule has 0 spiro atoms. The fourth-order valence-corrected chi connectivity index (χ4v) is 2.71. The first-order valence-electron chi connectivity index (χ1n) is 7.56. The van der Waals surface area contributed by atoms with Crippen LogP contribution in [0.2, 0.25) is 0 Å². The van der Waals surface area contributed by atoms with Crippen LogP contribution in [0.5, 0.6) is 0 Å². The van der Waals surface area contributed by atoms with Crippen molar-refractivity contribution >= 4 is 23.3 Å². The fourth-order valence-electron chi connectivity index (χ4n) is 2.34. The minimum absolute atomic E-state index is 0.0481. The number of esters is 1. The summed E-state index contributed by atoms with van der Waals surface area (Å²) in [5.74, 6) is -0.297. The Kier molecular flexibility index (Phi) is 6.32. The van der Waals surface area contributed by atoms with Gasteiger partial charge in [-0.2, -0.15) is 0 Å². The van der Waals surface area contributed by atoms with Gasteiger partial charge in [0.1, 0.15) is 6.10 Å². The molecule has 5 nitrogen and oxygen atoms in total. The van der Waals surface area contributed by atoms with E-state index in [0.29, 0.717) is 0 Å². The maximum absolute atomic E-state index is 12.2. The van der Waals surface area contributed by atoms with Gasteiger partial charge in [-0.05, 0) is 30.0 Å². The predicted molar refractivity (Wildman–Crippen MR) is 92.3 cm³/mol. The quantitative estimate of drug-likeness (QED) is 0.325. The molecule has 0 radical (unpaired) electrons. The second-order valence-electron chi connectivity index (χ2n) is 5.57. The summed E-state index contributed by atoms with van der Waals surface area (Å²) in [6.45, 7) is 1.98. The van der Waals surface area contributed by atoms with Gasteiger partial charge < -0.3 is 4.74 Å². The standard InChI is InChI=1S/C18H18ClNO4/c1-13(11-14-5-3-2-4-6-14)17(12-19)24-18(21)15-7-9-16(10-8-15)20(22)23/h2-10,13,17H,11-12H2,1H3. The molecule has 0 aliphatic carbocycles. The molecule has 0 heterocycles. The molecule has 2 aromatic carbocycles. The Hall–Kier alpha value is -2.40. The zero-order chi connectivity index (χ0) is 17.5. The zero-order valence-corrected chi connectivity index (χ0v) is 14.0. The smallest absolute Gasteiger partial charge is 0.338 e. The van der Waals surface area contributed by atoms with Crippen LogP contribution in [0.4, 0.5) is 5.69 Å². The number of rotatable bonds is 7. The third-order valence-corrected chi connectivity index (χ3v) is 4.06. The summed E-state index contributed by atoms with van der Waals surface area (Å²) in [7, 11) is 0. The maximum atomic E-state index is 12.2. The molecular formula is C18H18ClNO4. The molecule has 0 bridgehead atoms. The van der Waals surface area contributed by atoms with Gasteiger partial charge in [0, 0.05) is 12.1 Å². The lowest BCUT2D eigenvalue weighted by Crippen LogP contribution is -2.28. The van der Waals surface area contributed by atoms with E-state index in [4.69, 9.17) is 16.3 Å². The molecule has 2 aromatic rings. The molecule has 126 valence electrons. The molecule has 0 aliphatic heterocycles. The van der Waals surface area contributed by atoms with Crippen LogP contribution in [0.1, 0.15) is 22.8 Å². The summed E-state index contributed by atoms with van der Waals surface area (Å²) >= 11 is 5.96. The molecule has 0 saturated carbocycles. The van der Waals surface area contributed by atoms with Crippen LogP contribution in [0.3, 0.4) is 0 Å². The van der Waals surface area contributed by atoms with E-state index in [9.17, 15) is 14.9 Å². The van der Waals surface area contributed by atoms with Crippen LogP contribution in [0.25, 0.3) is 0 Å². The summed E-state index contributed by atoms with van der Waals surface area (Å²) in [4.78, 5) is 22.3. The van der Waals surface area contributed by atoms with Crippen LogP contribution in [-0.4, -0.2) is 22.9 Å². The van der Waals surface area contributed by atoms with Gasteiger partial charge in [0.15, 0.2) is 0 Å². The third-order valence-electron chi connectivity index (χ3n) is 3.76. The van der Waals surface area contributed by atoms with E-state index in [1.165, 1.54) is 24.3 Å². The van der Waals surface area contributed by atoms with Crippen LogP contribution < -0.4 is 0 Å². The second-order valence-corrected chi connectivity index (χ2v) is 5.88. The number of alkyl halides is 1. The number of nitro groups is 1. The van der Waals surface area contributed by atoms with Gasteiger partial charge in [-0.3, -0.25) is 10.1 Å². The number of halogens is 1. The van der Waals surface area contributed by atoms with E-state index in [0.717, 1.165) is 12.0 Å². The monoisotopic (exact) mass is 347 g/mol. The number of non-ortho nitro benzene ring substituents is 1. The highest BCUT2D eigenvalue weighted by molar-refractivity contribution is 6.18. The molecule has 2 rings (SSSR count). The lowest BCUT2D eigenvalue weighted by atomic mass is 9.96. The Morgan fingerprint density at radius 1 is 1.17 bits per heavy atom. The lowest BCUT2D eigenvalue weighted by molar-refractivity contribution is -0.384. The van der Waals surface area contributed by atoms with Crippen molar-refractivity contribution < 1.29 is 14.5 Å². The van der Waals surface area contributed by atoms with Crippen molar-refractivity contribution in [3.8, 4) is 0 Å². The maximum Gasteiger partial charge on any atom is 0.338 e. The SMILES string of the molecule is CC(Cc1ccccc1)C(CCl)OC(=O)c1ccc([N+](=O)[O-])cc1. The number of carbonyl (C=O) groups is 1. The van der Waals surface area contributed by atoms with Crippen LogP contribution >= 0.6 is 11.6 Å². The van der Waals surface area contributed by atoms with Gasteiger partial charge in [-0.25, -0.2) is 4.79 Å². The van der Waals surface area contributed by atoms with E-state index in [-0.39, 0.29) is 23.0 Å². The molecular weight excluding hydrogens is 330 g/mol. The summed E-state index contributed by atoms with van der Waals surface area (Å²) in [6, 6.07) is 15.2. The van der Waals surface area contributed by atoms with Gasteiger partial charge in [-0.1, -0.05) is 37.3 Å². The van der Waals surface area contributed by atoms with Gasteiger partial charge in [0.2, 0.25) is 0 Å². The van der Waals surface area contributed by atoms with Gasteiger partial charge in [-0.15, -0.1) is 11.6 Å². The molecule has 0 saturated heterocycles. The van der Waals surface area contributed by atoms with Crippen LogP contribution in [0.15, 0.2) is 54.6 Å². The largest absolute Gasteiger partial charge is 0.457 e. The molecule has 2 atom stereocenters. The number of benzene rings is 2. The molecule has 2 unspecified atom stereocenters. The van der Waals surface area contributed by atoms with Gasteiger partial charge in [0.05, 0.1) is 16.4 Å². The van der Waals surface area contributed by atoms with Gasteiger partial charge >= 0.3 is 5.97 Å². The van der Waals surface area contributed by atoms with Crippen molar-refractivity contribution in [3.63, 3.8) is 0 Å². The summed E-state index contributed by atoms with van der Waals surface area (Å²) in [5, 5.41) is 10.6. The second kappa shape index (κ2) is 8.45. The van der Waals surface area contributed by atoms with Crippen molar-refractivity contribution in [1.82, 2.24) is 0 Å². The van der Waals surface area contributed by atoms with Crippen molar-refractivity contribution in [3.05, 3.63) is 75.8 Å². The first-order chi connectivity index (χ1) is 11.5. The molecule has 0 aliphatic rings. The Morgan fingerprint density at radius 3 is 2.33 bits per heavy atom. The summed E-state index contributed by atoms with van der Waals surface area (Å²) in [6.07, 6.45) is 0.306. The fraction of sp³-hybridized carbons (Fsp3) is 0.278. The molecule has 6 heteroatoms. The Balaban J connectivity index is 2.00. The lowest BCUT2D eigenvalue weighted by Gasteiger charge is -2.22. The predicted octanol–water partition coefficient (Wildman–Crippen LogP) is 4.24. The Bertz CT molecular complexity index is 688. The molecule has 0 N–H and O–H groups in total. The highest BCUT2D eigenvalue weighted by Crippen LogP contribution is 2.19. The highest BCUT2D eigenvalue weighted by Gasteiger charge is 2.22. The summed E-state index contributed by atoms with van der Waals surface area (Å²) in [5.41, 5.74) is 1.34. The minimum Gasteiger partial charge on any atom is -0.457 e. The Morgan fingerprint density at radius 2 is 1.79 bits per heavy atom. The number of hydrogen-bond donors (Lipinski definition) is 0. The van der Waals surface area contributed by atoms with Crippen LogP contribution in [0, 0.1) is 16.0 Å².